The first-order valence-corrected chi connectivity index (χ1v) is 11.1. The van der Waals surface area contributed by atoms with Gasteiger partial charge in [-0.2, -0.15) is 0 Å². The highest BCUT2D eigenvalue weighted by atomic mass is 16.5. The fraction of sp³-hybridized carbons (Fsp3) is 0. The van der Waals surface area contributed by atoms with Crippen LogP contribution in [0.1, 0.15) is 11.1 Å². The molecule has 5 rings (SSSR count). The van der Waals surface area contributed by atoms with Crippen molar-refractivity contribution in [2.75, 3.05) is 11.5 Å². The number of ether oxygens (including phenoxy) is 2. The van der Waals surface area contributed by atoms with Crippen molar-refractivity contribution in [3.05, 3.63) is 108 Å². The highest BCUT2D eigenvalue weighted by molar-refractivity contribution is 5.98. The molecule has 6 N–H and O–H groups in total. The zero-order valence-corrected chi connectivity index (χ0v) is 19.1. The highest BCUT2D eigenvalue weighted by Crippen LogP contribution is 2.40. The number of benzene rings is 5. The summed E-state index contributed by atoms with van der Waals surface area (Å²) in [5.41, 5.74) is 13.8. The molecule has 0 fully saturated rings. The van der Waals surface area contributed by atoms with Crippen molar-refractivity contribution in [3.8, 4) is 46.3 Å². The van der Waals surface area contributed by atoms with Crippen LogP contribution in [0.5, 0.6) is 34.5 Å². The molecule has 0 saturated carbocycles. The Kier molecular flexibility index (Phi) is 5.96. The maximum Gasteiger partial charge on any atom is 0.138 e. The van der Waals surface area contributed by atoms with Gasteiger partial charge < -0.3 is 31.2 Å². The second-order valence-electron chi connectivity index (χ2n) is 8.05. The Labute approximate surface area is 208 Å². The van der Waals surface area contributed by atoms with Crippen molar-refractivity contribution in [2.24, 2.45) is 0 Å². The SMILES string of the molecule is Nc1cc(Oc2ccc(C#Cc3ccccc3)c3c(Oc4ccc(O)c(N)c4)cccc23)ccc1O. The van der Waals surface area contributed by atoms with Crippen LogP contribution < -0.4 is 20.9 Å². The summed E-state index contributed by atoms with van der Waals surface area (Å²) in [5, 5.41) is 21.0. The summed E-state index contributed by atoms with van der Waals surface area (Å²) in [6, 6.07) is 28.4. The quantitative estimate of drug-likeness (QED) is 0.136. The Hall–Kier alpha value is -5.28. The Morgan fingerprint density at radius 3 is 1.86 bits per heavy atom. The van der Waals surface area contributed by atoms with E-state index in [2.05, 4.69) is 11.8 Å². The van der Waals surface area contributed by atoms with Crippen LogP contribution in [0.4, 0.5) is 11.4 Å². The lowest BCUT2D eigenvalue weighted by molar-refractivity contribution is 0.467. The molecule has 0 heterocycles. The summed E-state index contributed by atoms with van der Waals surface area (Å²) < 4.78 is 12.3. The molecule has 36 heavy (non-hydrogen) atoms. The minimum absolute atomic E-state index is 0.0115. The second kappa shape index (κ2) is 9.53. The number of phenols is 2. The molecule has 5 aromatic rings. The predicted octanol–water partition coefficient (Wildman–Crippen LogP) is 6.40. The number of rotatable bonds is 4. The first kappa shape index (κ1) is 22.5. The smallest absolute Gasteiger partial charge is 0.138 e. The largest absolute Gasteiger partial charge is 0.506 e. The topological polar surface area (TPSA) is 111 Å². The van der Waals surface area contributed by atoms with Gasteiger partial charge in [0.15, 0.2) is 0 Å². The number of hydrogen-bond acceptors (Lipinski definition) is 6. The number of fused-ring (bicyclic) bond motifs is 1. The van der Waals surface area contributed by atoms with Crippen molar-refractivity contribution in [1.29, 1.82) is 0 Å². The molecule has 0 saturated heterocycles. The van der Waals surface area contributed by atoms with E-state index in [1.165, 1.54) is 12.1 Å². The molecule has 0 aliphatic carbocycles. The Morgan fingerprint density at radius 2 is 1.22 bits per heavy atom. The number of nitrogen functional groups attached to an aromatic ring is 2. The molecule has 0 radical (unpaired) electrons. The van der Waals surface area contributed by atoms with Crippen LogP contribution in [0.15, 0.2) is 97.1 Å². The minimum Gasteiger partial charge on any atom is -0.506 e. The van der Waals surface area contributed by atoms with E-state index in [0.29, 0.717) is 23.0 Å². The van der Waals surface area contributed by atoms with Gasteiger partial charge in [0.1, 0.15) is 34.5 Å². The summed E-state index contributed by atoms with van der Waals surface area (Å²) in [6.07, 6.45) is 0. The van der Waals surface area contributed by atoms with Crippen LogP contribution in [0.2, 0.25) is 0 Å². The third-order valence-electron chi connectivity index (χ3n) is 5.53. The van der Waals surface area contributed by atoms with E-state index in [9.17, 15) is 10.2 Å². The lowest BCUT2D eigenvalue weighted by Gasteiger charge is -2.15. The van der Waals surface area contributed by atoms with Crippen LogP contribution in [-0.2, 0) is 0 Å². The molecular weight excluding hydrogens is 452 g/mol. The molecule has 5 aromatic carbocycles. The Morgan fingerprint density at radius 1 is 0.583 bits per heavy atom. The van der Waals surface area contributed by atoms with E-state index in [4.69, 9.17) is 20.9 Å². The normalized spacial score (nSPS) is 10.4. The third-order valence-corrected chi connectivity index (χ3v) is 5.53. The van der Waals surface area contributed by atoms with Crippen LogP contribution in [0.25, 0.3) is 10.8 Å². The molecular formula is C30H22N2O4. The number of nitrogens with two attached hydrogens (primary N) is 2. The highest BCUT2D eigenvalue weighted by Gasteiger charge is 2.14. The van der Waals surface area contributed by atoms with Crippen molar-refractivity contribution in [3.63, 3.8) is 0 Å². The monoisotopic (exact) mass is 474 g/mol. The number of hydrogen-bond donors (Lipinski definition) is 4. The maximum absolute atomic E-state index is 9.78. The third kappa shape index (κ3) is 4.67. The fourth-order valence-corrected chi connectivity index (χ4v) is 3.73. The van der Waals surface area contributed by atoms with Gasteiger partial charge >= 0.3 is 0 Å². The van der Waals surface area contributed by atoms with Crippen molar-refractivity contribution in [1.82, 2.24) is 0 Å². The summed E-state index contributed by atoms with van der Waals surface area (Å²) in [4.78, 5) is 0. The van der Waals surface area contributed by atoms with Crippen molar-refractivity contribution < 1.29 is 19.7 Å². The standard InChI is InChI=1S/C30H22N2O4/c31-24-17-21(12-14-26(24)33)35-28-16-11-20(10-9-19-5-2-1-3-6-19)30-23(28)7-4-8-29(30)36-22-13-15-27(34)25(32)18-22/h1-8,11-18,33-34H,31-32H2. The Balaban J connectivity index is 1.64. The average molecular weight is 475 g/mol. The maximum atomic E-state index is 9.78. The molecule has 6 nitrogen and oxygen atoms in total. The molecule has 0 aliphatic heterocycles. The van der Waals surface area contributed by atoms with Gasteiger partial charge in [0, 0.05) is 34.0 Å². The molecule has 0 bridgehead atoms. The molecule has 0 aliphatic rings. The van der Waals surface area contributed by atoms with E-state index in [0.717, 1.165) is 21.9 Å². The van der Waals surface area contributed by atoms with Gasteiger partial charge in [0.2, 0.25) is 0 Å². The van der Waals surface area contributed by atoms with E-state index < -0.39 is 0 Å². The Bertz CT molecular complexity index is 1640. The summed E-state index contributed by atoms with van der Waals surface area (Å²) in [7, 11) is 0. The molecule has 0 atom stereocenters. The molecule has 176 valence electrons. The van der Waals surface area contributed by atoms with Crippen molar-refractivity contribution >= 4 is 22.1 Å². The van der Waals surface area contributed by atoms with Crippen molar-refractivity contribution in [2.45, 2.75) is 0 Å². The van der Waals surface area contributed by atoms with Crippen LogP contribution in [0, 0.1) is 11.8 Å². The van der Waals surface area contributed by atoms with E-state index in [1.807, 2.05) is 60.7 Å². The molecule has 0 amide bonds. The van der Waals surface area contributed by atoms with E-state index in [-0.39, 0.29) is 22.9 Å². The first-order valence-electron chi connectivity index (χ1n) is 11.1. The van der Waals surface area contributed by atoms with E-state index in [1.54, 1.807) is 24.3 Å². The fourth-order valence-electron chi connectivity index (χ4n) is 3.73. The first-order chi connectivity index (χ1) is 17.5. The molecule has 6 heteroatoms. The molecule has 0 aromatic heterocycles. The van der Waals surface area contributed by atoms with Crippen LogP contribution in [0.3, 0.4) is 0 Å². The van der Waals surface area contributed by atoms with Gasteiger partial charge in [0.05, 0.1) is 11.4 Å². The molecule has 0 unspecified atom stereocenters. The summed E-state index contributed by atoms with van der Waals surface area (Å²) in [6.45, 7) is 0. The van der Waals surface area contributed by atoms with Gasteiger partial charge in [0.25, 0.3) is 0 Å². The van der Waals surface area contributed by atoms with Gasteiger partial charge in [-0.05, 0) is 54.6 Å². The van der Waals surface area contributed by atoms with Gasteiger partial charge in [-0.3, -0.25) is 0 Å². The lowest BCUT2D eigenvalue weighted by atomic mass is 10.0. The molecule has 0 spiro atoms. The minimum atomic E-state index is -0.0152. The van der Waals surface area contributed by atoms with Gasteiger partial charge in [-0.1, -0.05) is 42.2 Å². The number of phenolic OH excluding ortho intramolecular Hbond substituents is 2. The summed E-state index contributed by atoms with van der Waals surface area (Å²) in [5.74, 6) is 8.49. The van der Waals surface area contributed by atoms with E-state index >= 15 is 0 Å². The average Bonchev–Trinajstić information content (AvgIpc) is 2.89. The lowest BCUT2D eigenvalue weighted by Crippen LogP contribution is -1.94. The van der Waals surface area contributed by atoms with Crippen LogP contribution in [-0.4, -0.2) is 10.2 Å². The zero-order valence-electron chi connectivity index (χ0n) is 19.1. The van der Waals surface area contributed by atoms with Gasteiger partial charge in [-0.15, -0.1) is 0 Å². The second-order valence-corrected chi connectivity index (χ2v) is 8.05. The number of anilines is 2. The predicted molar refractivity (Wildman–Crippen MR) is 142 cm³/mol. The summed E-state index contributed by atoms with van der Waals surface area (Å²) >= 11 is 0. The van der Waals surface area contributed by atoms with Gasteiger partial charge in [-0.25, -0.2) is 0 Å². The van der Waals surface area contributed by atoms with Crippen LogP contribution >= 0.6 is 0 Å². The zero-order chi connectivity index (χ0) is 25.1. The number of aromatic hydroxyl groups is 2.